The summed E-state index contributed by atoms with van der Waals surface area (Å²) in [6.07, 6.45) is 5.05. The molecule has 1 atom stereocenters. The number of rotatable bonds is 3. The molecule has 6 heteroatoms. The number of fused-ring (bicyclic) bond motifs is 1. The van der Waals surface area contributed by atoms with E-state index in [0.717, 1.165) is 28.4 Å². The van der Waals surface area contributed by atoms with Crippen LogP contribution in [0, 0.1) is 0 Å². The molecule has 1 aliphatic carbocycles. The van der Waals surface area contributed by atoms with Gasteiger partial charge in [0, 0.05) is 28.1 Å². The minimum absolute atomic E-state index is 0.0747. The SMILES string of the molecule is O=C(NC1CCc2c(Br)cccc21)c1ccc(-c2ccncc2)[nH]c1=O. The summed E-state index contributed by atoms with van der Waals surface area (Å²) in [5.74, 6) is -0.356. The van der Waals surface area contributed by atoms with Crippen LogP contribution in [0.4, 0.5) is 0 Å². The number of H-pyrrole nitrogens is 1. The van der Waals surface area contributed by atoms with Crippen molar-refractivity contribution in [3.8, 4) is 11.3 Å². The van der Waals surface area contributed by atoms with Crippen molar-refractivity contribution >= 4 is 21.8 Å². The lowest BCUT2D eigenvalue weighted by Crippen LogP contribution is -2.32. The highest BCUT2D eigenvalue weighted by Crippen LogP contribution is 2.35. The minimum atomic E-state index is -0.399. The molecular weight excluding hydrogens is 394 g/mol. The Morgan fingerprint density at radius 3 is 2.73 bits per heavy atom. The standard InChI is InChI=1S/C20H16BrN3O2/c21-16-3-1-2-14-13(16)4-7-18(14)24-20(26)15-5-6-17(23-19(15)25)12-8-10-22-11-9-12/h1-3,5-6,8-11,18H,4,7H2,(H,23,25)(H,24,26). The molecular formula is C20H16BrN3O2. The van der Waals surface area contributed by atoms with Crippen molar-refractivity contribution in [2.24, 2.45) is 0 Å². The molecule has 2 aromatic heterocycles. The number of nitrogens with one attached hydrogen (secondary N) is 2. The first-order valence-electron chi connectivity index (χ1n) is 8.35. The van der Waals surface area contributed by atoms with Crippen molar-refractivity contribution in [2.75, 3.05) is 0 Å². The van der Waals surface area contributed by atoms with Crippen LogP contribution in [0.15, 0.2) is 64.1 Å². The van der Waals surface area contributed by atoms with E-state index >= 15 is 0 Å². The molecule has 1 unspecified atom stereocenters. The summed E-state index contributed by atoms with van der Waals surface area (Å²) < 4.78 is 1.06. The molecule has 130 valence electrons. The van der Waals surface area contributed by atoms with Crippen LogP contribution >= 0.6 is 15.9 Å². The fourth-order valence-corrected chi connectivity index (χ4v) is 3.93. The highest BCUT2D eigenvalue weighted by atomic mass is 79.9. The Labute approximate surface area is 158 Å². The zero-order valence-corrected chi connectivity index (χ0v) is 15.4. The van der Waals surface area contributed by atoms with Crippen molar-refractivity contribution < 1.29 is 4.79 Å². The lowest BCUT2D eigenvalue weighted by Gasteiger charge is -2.14. The molecule has 2 heterocycles. The number of carbonyl (C=O) groups excluding carboxylic acids is 1. The molecule has 0 bridgehead atoms. The molecule has 4 rings (SSSR count). The second-order valence-corrected chi connectivity index (χ2v) is 7.08. The van der Waals surface area contributed by atoms with Gasteiger partial charge in [-0.15, -0.1) is 0 Å². The molecule has 0 aliphatic heterocycles. The fourth-order valence-electron chi connectivity index (χ4n) is 3.35. The topological polar surface area (TPSA) is 74.8 Å². The van der Waals surface area contributed by atoms with E-state index in [1.807, 2.05) is 18.2 Å². The van der Waals surface area contributed by atoms with Gasteiger partial charge < -0.3 is 10.3 Å². The van der Waals surface area contributed by atoms with Crippen LogP contribution in [0.2, 0.25) is 0 Å². The van der Waals surface area contributed by atoms with Crippen molar-refractivity contribution in [2.45, 2.75) is 18.9 Å². The normalized spacial score (nSPS) is 15.5. The van der Waals surface area contributed by atoms with Crippen LogP contribution in [0.3, 0.4) is 0 Å². The van der Waals surface area contributed by atoms with Crippen LogP contribution in [0.1, 0.15) is 33.9 Å². The van der Waals surface area contributed by atoms with E-state index in [4.69, 9.17) is 0 Å². The number of pyridine rings is 2. The van der Waals surface area contributed by atoms with E-state index in [9.17, 15) is 9.59 Å². The van der Waals surface area contributed by atoms with Gasteiger partial charge in [-0.25, -0.2) is 0 Å². The first-order chi connectivity index (χ1) is 12.6. The maximum Gasteiger partial charge on any atom is 0.261 e. The third-order valence-corrected chi connectivity index (χ3v) is 5.41. The summed E-state index contributed by atoms with van der Waals surface area (Å²) in [4.78, 5) is 31.7. The van der Waals surface area contributed by atoms with Crippen molar-refractivity contribution in [3.05, 3.63) is 86.4 Å². The highest BCUT2D eigenvalue weighted by molar-refractivity contribution is 9.10. The molecule has 0 saturated heterocycles. The predicted octanol–water partition coefficient (Wildman–Crippen LogP) is 3.62. The Kier molecular flexibility index (Phi) is 4.42. The van der Waals surface area contributed by atoms with Gasteiger partial charge in [0.1, 0.15) is 5.56 Å². The van der Waals surface area contributed by atoms with Gasteiger partial charge in [0.2, 0.25) is 0 Å². The Morgan fingerprint density at radius 2 is 1.96 bits per heavy atom. The maximum atomic E-state index is 12.6. The summed E-state index contributed by atoms with van der Waals surface area (Å²) in [7, 11) is 0. The van der Waals surface area contributed by atoms with Crippen LogP contribution in [0.5, 0.6) is 0 Å². The zero-order valence-electron chi connectivity index (χ0n) is 13.8. The third kappa shape index (κ3) is 3.08. The monoisotopic (exact) mass is 409 g/mol. The number of halogens is 1. The largest absolute Gasteiger partial charge is 0.345 e. The van der Waals surface area contributed by atoms with Gasteiger partial charge in [-0.05, 0) is 54.3 Å². The molecule has 1 aromatic carbocycles. The Morgan fingerprint density at radius 1 is 1.15 bits per heavy atom. The molecule has 2 N–H and O–H groups in total. The molecule has 26 heavy (non-hydrogen) atoms. The summed E-state index contributed by atoms with van der Waals surface area (Å²) in [5, 5.41) is 2.99. The first-order valence-corrected chi connectivity index (χ1v) is 9.14. The van der Waals surface area contributed by atoms with Gasteiger partial charge in [-0.1, -0.05) is 28.1 Å². The Balaban J connectivity index is 1.57. The molecule has 5 nitrogen and oxygen atoms in total. The number of aromatic nitrogens is 2. The predicted molar refractivity (Wildman–Crippen MR) is 103 cm³/mol. The second-order valence-electron chi connectivity index (χ2n) is 6.22. The number of amides is 1. The van der Waals surface area contributed by atoms with Gasteiger partial charge >= 0.3 is 0 Å². The number of benzene rings is 1. The van der Waals surface area contributed by atoms with Crippen molar-refractivity contribution in [1.29, 1.82) is 0 Å². The van der Waals surface area contributed by atoms with Crippen LogP contribution in [-0.4, -0.2) is 15.9 Å². The molecule has 3 aromatic rings. The quantitative estimate of drug-likeness (QED) is 0.693. The van der Waals surface area contributed by atoms with E-state index in [-0.39, 0.29) is 17.5 Å². The number of aromatic amines is 1. The summed E-state index contributed by atoms with van der Waals surface area (Å²) >= 11 is 3.56. The highest BCUT2D eigenvalue weighted by Gasteiger charge is 2.26. The average Bonchev–Trinajstić information content (AvgIpc) is 3.06. The number of hydrogen-bond acceptors (Lipinski definition) is 3. The molecule has 0 spiro atoms. The second kappa shape index (κ2) is 6.88. The first kappa shape index (κ1) is 16.7. The minimum Gasteiger partial charge on any atom is -0.345 e. The van der Waals surface area contributed by atoms with Gasteiger partial charge in [-0.2, -0.15) is 0 Å². The number of nitrogens with zero attached hydrogens (tertiary/aromatic N) is 1. The lowest BCUT2D eigenvalue weighted by molar-refractivity contribution is 0.0935. The van der Waals surface area contributed by atoms with Crippen LogP contribution in [-0.2, 0) is 6.42 Å². The molecule has 1 aliphatic rings. The third-order valence-electron chi connectivity index (χ3n) is 4.66. The van der Waals surface area contributed by atoms with E-state index in [1.54, 1.807) is 36.7 Å². The van der Waals surface area contributed by atoms with E-state index in [0.29, 0.717) is 5.69 Å². The van der Waals surface area contributed by atoms with Crippen LogP contribution < -0.4 is 10.9 Å². The van der Waals surface area contributed by atoms with E-state index in [2.05, 4.69) is 31.2 Å². The lowest BCUT2D eigenvalue weighted by atomic mass is 10.1. The van der Waals surface area contributed by atoms with Gasteiger partial charge in [0.25, 0.3) is 11.5 Å². The maximum absolute atomic E-state index is 12.6. The Hall–Kier alpha value is -2.73. The molecule has 1 amide bonds. The summed E-state index contributed by atoms with van der Waals surface area (Å²) in [5.41, 5.74) is 3.55. The molecule has 0 saturated carbocycles. The van der Waals surface area contributed by atoms with Crippen molar-refractivity contribution in [1.82, 2.24) is 15.3 Å². The smallest absolute Gasteiger partial charge is 0.261 e. The van der Waals surface area contributed by atoms with Crippen molar-refractivity contribution in [3.63, 3.8) is 0 Å². The molecule has 0 radical (unpaired) electrons. The van der Waals surface area contributed by atoms with E-state index in [1.165, 1.54) is 5.56 Å². The summed E-state index contributed by atoms with van der Waals surface area (Å²) in [6, 6.07) is 12.8. The number of hydrogen-bond donors (Lipinski definition) is 2. The van der Waals surface area contributed by atoms with Crippen LogP contribution in [0.25, 0.3) is 11.3 Å². The number of carbonyl (C=O) groups is 1. The fraction of sp³-hybridized carbons (Fsp3) is 0.150. The van der Waals surface area contributed by atoms with Gasteiger partial charge in [0.15, 0.2) is 0 Å². The molecule has 0 fully saturated rings. The Bertz CT molecular complexity index is 1030. The average molecular weight is 410 g/mol. The van der Waals surface area contributed by atoms with Gasteiger partial charge in [0.05, 0.1) is 6.04 Å². The van der Waals surface area contributed by atoms with E-state index < -0.39 is 5.56 Å². The summed E-state index contributed by atoms with van der Waals surface area (Å²) in [6.45, 7) is 0. The van der Waals surface area contributed by atoms with Gasteiger partial charge in [-0.3, -0.25) is 14.6 Å². The zero-order chi connectivity index (χ0) is 18.1.